The lowest BCUT2D eigenvalue weighted by molar-refractivity contribution is 0.205. The number of aromatic nitrogens is 1. The Labute approximate surface area is 106 Å². The van der Waals surface area contributed by atoms with Crippen LogP contribution in [0.1, 0.15) is 19.3 Å². The van der Waals surface area contributed by atoms with Gasteiger partial charge in [0.05, 0.1) is 6.61 Å². The molecule has 1 aromatic heterocycles. The third-order valence-electron chi connectivity index (χ3n) is 3.42. The predicted octanol–water partition coefficient (Wildman–Crippen LogP) is 2.60. The Balaban J connectivity index is 1.53. The summed E-state index contributed by atoms with van der Waals surface area (Å²) in [6.07, 6.45) is 4.02. The van der Waals surface area contributed by atoms with E-state index in [9.17, 15) is 0 Å². The van der Waals surface area contributed by atoms with Gasteiger partial charge in [-0.25, -0.2) is 0 Å². The first-order valence-electron chi connectivity index (χ1n) is 6.61. The van der Waals surface area contributed by atoms with Crippen LogP contribution in [-0.4, -0.2) is 24.7 Å². The summed E-state index contributed by atoms with van der Waals surface area (Å²) >= 11 is 0. The van der Waals surface area contributed by atoms with Gasteiger partial charge >= 0.3 is 6.08 Å². The highest BCUT2D eigenvalue weighted by Gasteiger charge is 2.13. The first-order chi connectivity index (χ1) is 8.92. The van der Waals surface area contributed by atoms with Crippen LogP contribution in [-0.2, 0) is 0 Å². The number of para-hydroxylation sites is 2. The molecule has 0 saturated carbocycles. The molecule has 1 saturated heterocycles. The molecule has 0 amide bonds. The minimum absolute atomic E-state index is 0.389. The van der Waals surface area contributed by atoms with Crippen LogP contribution in [0.2, 0.25) is 0 Å². The summed E-state index contributed by atoms with van der Waals surface area (Å²) in [5.41, 5.74) is 1.64. The molecule has 2 heterocycles. The zero-order valence-corrected chi connectivity index (χ0v) is 10.4. The number of hydrogen-bond acceptors (Lipinski definition) is 4. The van der Waals surface area contributed by atoms with Crippen molar-refractivity contribution < 1.29 is 9.15 Å². The van der Waals surface area contributed by atoms with Crippen molar-refractivity contribution in [1.29, 1.82) is 0 Å². The maximum absolute atomic E-state index is 5.59. The van der Waals surface area contributed by atoms with Crippen LogP contribution in [0, 0.1) is 5.92 Å². The molecule has 0 radical (unpaired) electrons. The van der Waals surface area contributed by atoms with E-state index in [2.05, 4.69) is 10.3 Å². The number of rotatable bonds is 4. The number of nitrogens with one attached hydrogen (secondary N) is 1. The summed E-state index contributed by atoms with van der Waals surface area (Å²) in [5, 5.41) is 3.41. The number of ether oxygens (including phenoxy) is 1. The fourth-order valence-electron chi connectivity index (χ4n) is 2.40. The van der Waals surface area contributed by atoms with Gasteiger partial charge in [0, 0.05) is 0 Å². The maximum Gasteiger partial charge on any atom is 0.394 e. The van der Waals surface area contributed by atoms with Gasteiger partial charge in [-0.1, -0.05) is 12.1 Å². The van der Waals surface area contributed by atoms with E-state index in [0.29, 0.717) is 12.7 Å². The lowest BCUT2D eigenvalue weighted by Crippen LogP contribution is -2.30. The molecule has 18 heavy (non-hydrogen) atoms. The van der Waals surface area contributed by atoms with Crippen molar-refractivity contribution in [3.63, 3.8) is 0 Å². The number of fused-ring (bicyclic) bond motifs is 1. The highest BCUT2D eigenvalue weighted by Crippen LogP contribution is 2.21. The SMILES string of the molecule is c1ccc2oc(OCC[C@H]3CCCNC3)nc2c1. The standard InChI is InChI=1S/C14H18N2O2/c1-2-6-13-12(5-1)16-14(18-13)17-9-7-11-4-3-8-15-10-11/h1-2,5-6,11,15H,3-4,7-10H2/t11-/m1/s1. The Bertz CT molecular complexity index is 470. The minimum atomic E-state index is 0.389. The van der Waals surface area contributed by atoms with Gasteiger partial charge in [0.15, 0.2) is 5.58 Å². The van der Waals surface area contributed by atoms with Crippen molar-refractivity contribution in [3.05, 3.63) is 24.3 Å². The normalized spacial score (nSPS) is 20.1. The monoisotopic (exact) mass is 246 g/mol. The molecule has 0 unspecified atom stereocenters. The number of nitrogens with zero attached hydrogens (tertiary/aromatic N) is 1. The van der Waals surface area contributed by atoms with Gasteiger partial charge in [-0.2, -0.15) is 4.98 Å². The number of piperidine rings is 1. The Morgan fingerprint density at radius 2 is 2.33 bits per heavy atom. The molecule has 4 heteroatoms. The van der Waals surface area contributed by atoms with Gasteiger partial charge in [-0.15, -0.1) is 0 Å². The average molecular weight is 246 g/mol. The molecule has 2 aromatic rings. The summed E-state index contributed by atoms with van der Waals surface area (Å²) in [6, 6.07) is 7.71. The summed E-state index contributed by atoms with van der Waals surface area (Å²) < 4.78 is 11.1. The Morgan fingerprint density at radius 1 is 1.39 bits per heavy atom. The highest BCUT2D eigenvalue weighted by atomic mass is 16.6. The van der Waals surface area contributed by atoms with Crippen LogP contribution in [0.25, 0.3) is 11.1 Å². The molecule has 1 aliphatic rings. The molecule has 0 bridgehead atoms. The predicted molar refractivity (Wildman–Crippen MR) is 69.7 cm³/mol. The van der Waals surface area contributed by atoms with Gasteiger partial charge in [-0.05, 0) is 50.4 Å². The molecular formula is C14H18N2O2. The van der Waals surface area contributed by atoms with Gasteiger partial charge in [0.25, 0.3) is 0 Å². The molecule has 4 nitrogen and oxygen atoms in total. The van der Waals surface area contributed by atoms with E-state index < -0.39 is 0 Å². The van der Waals surface area contributed by atoms with E-state index in [4.69, 9.17) is 9.15 Å². The smallest absolute Gasteiger partial charge is 0.394 e. The van der Waals surface area contributed by atoms with Crippen molar-refractivity contribution in [2.45, 2.75) is 19.3 Å². The van der Waals surface area contributed by atoms with Gasteiger partial charge < -0.3 is 14.5 Å². The first-order valence-corrected chi connectivity index (χ1v) is 6.61. The zero-order valence-electron chi connectivity index (χ0n) is 10.4. The Kier molecular flexibility index (Phi) is 3.46. The van der Waals surface area contributed by atoms with Crippen LogP contribution in [0.5, 0.6) is 6.08 Å². The highest BCUT2D eigenvalue weighted by molar-refractivity contribution is 5.72. The molecular weight excluding hydrogens is 228 g/mol. The number of benzene rings is 1. The maximum atomic E-state index is 5.59. The Hall–Kier alpha value is -1.55. The van der Waals surface area contributed by atoms with Gasteiger partial charge in [0.1, 0.15) is 5.52 Å². The molecule has 0 aliphatic carbocycles. The second-order valence-electron chi connectivity index (χ2n) is 4.80. The molecule has 1 atom stereocenters. The van der Waals surface area contributed by atoms with E-state index in [1.165, 1.54) is 12.8 Å². The van der Waals surface area contributed by atoms with E-state index in [1.54, 1.807) is 0 Å². The summed E-state index contributed by atoms with van der Waals surface area (Å²) in [5.74, 6) is 0.725. The molecule has 3 rings (SSSR count). The third-order valence-corrected chi connectivity index (χ3v) is 3.42. The first kappa shape index (κ1) is 11.5. The summed E-state index contributed by atoms with van der Waals surface area (Å²) in [4.78, 5) is 4.29. The second kappa shape index (κ2) is 5.40. The second-order valence-corrected chi connectivity index (χ2v) is 4.80. The zero-order chi connectivity index (χ0) is 12.2. The molecule has 0 spiro atoms. The number of hydrogen-bond donors (Lipinski definition) is 1. The summed E-state index contributed by atoms with van der Waals surface area (Å²) in [7, 11) is 0. The van der Waals surface area contributed by atoms with Crippen LogP contribution in [0.15, 0.2) is 28.7 Å². The molecule has 1 aliphatic heterocycles. The lowest BCUT2D eigenvalue weighted by Gasteiger charge is -2.22. The minimum Gasteiger partial charge on any atom is -0.450 e. The topological polar surface area (TPSA) is 47.3 Å². The average Bonchev–Trinajstić information content (AvgIpc) is 2.82. The number of oxazole rings is 1. The largest absolute Gasteiger partial charge is 0.450 e. The van der Waals surface area contributed by atoms with Gasteiger partial charge in [0.2, 0.25) is 0 Å². The van der Waals surface area contributed by atoms with Crippen molar-refractivity contribution in [2.24, 2.45) is 5.92 Å². The van der Waals surface area contributed by atoms with Crippen LogP contribution < -0.4 is 10.1 Å². The molecule has 96 valence electrons. The fourth-order valence-corrected chi connectivity index (χ4v) is 2.40. The van der Waals surface area contributed by atoms with Crippen LogP contribution >= 0.6 is 0 Å². The van der Waals surface area contributed by atoms with Crippen molar-refractivity contribution in [3.8, 4) is 6.08 Å². The van der Waals surface area contributed by atoms with Crippen molar-refractivity contribution >= 4 is 11.1 Å². The fraction of sp³-hybridized carbons (Fsp3) is 0.500. The van der Waals surface area contributed by atoms with Crippen LogP contribution in [0.3, 0.4) is 0 Å². The molecule has 1 aromatic carbocycles. The van der Waals surface area contributed by atoms with E-state index in [-0.39, 0.29) is 0 Å². The van der Waals surface area contributed by atoms with E-state index in [1.807, 2.05) is 24.3 Å². The van der Waals surface area contributed by atoms with E-state index in [0.717, 1.165) is 36.5 Å². The van der Waals surface area contributed by atoms with Crippen molar-refractivity contribution in [1.82, 2.24) is 10.3 Å². The summed E-state index contributed by atoms with van der Waals surface area (Å²) in [6.45, 7) is 2.94. The van der Waals surface area contributed by atoms with Gasteiger partial charge in [-0.3, -0.25) is 0 Å². The third kappa shape index (κ3) is 2.64. The lowest BCUT2D eigenvalue weighted by atomic mass is 9.97. The molecule has 1 N–H and O–H groups in total. The quantitative estimate of drug-likeness (QED) is 0.900. The van der Waals surface area contributed by atoms with Crippen LogP contribution in [0.4, 0.5) is 0 Å². The molecule has 1 fully saturated rings. The Morgan fingerprint density at radius 3 is 3.17 bits per heavy atom. The van der Waals surface area contributed by atoms with Crippen molar-refractivity contribution in [2.75, 3.05) is 19.7 Å². The van der Waals surface area contributed by atoms with E-state index >= 15 is 0 Å².